The number of hydrogen-bond donors (Lipinski definition) is 1. The average Bonchev–Trinajstić information content (AvgIpc) is 2.29. The second-order valence-corrected chi connectivity index (χ2v) is 3.32. The van der Waals surface area contributed by atoms with E-state index < -0.39 is 0 Å². The van der Waals surface area contributed by atoms with Gasteiger partial charge in [-0.3, -0.25) is 0 Å². The van der Waals surface area contributed by atoms with Crippen LogP contribution >= 0.6 is 11.6 Å². The minimum atomic E-state index is -0.289. The second-order valence-electron chi connectivity index (χ2n) is 3.10. The Labute approximate surface area is 99.9 Å². The van der Waals surface area contributed by atoms with Crippen LogP contribution in [0.5, 0.6) is 0 Å². The van der Waals surface area contributed by atoms with Gasteiger partial charge in [0, 0.05) is 23.9 Å². The summed E-state index contributed by atoms with van der Waals surface area (Å²) in [5.41, 5.74) is 3.65. The molecule has 0 aliphatic carbocycles. The molecule has 3 heteroatoms. The van der Waals surface area contributed by atoms with Crippen LogP contribution in [0.1, 0.15) is 5.56 Å². The molecular weight excluding hydrogens is 225 g/mol. The second kappa shape index (κ2) is 6.13. The van der Waals surface area contributed by atoms with Crippen molar-refractivity contribution in [1.82, 2.24) is 5.32 Å². The van der Waals surface area contributed by atoms with Crippen molar-refractivity contribution in [3.8, 4) is 0 Å². The maximum absolute atomic E-state index is 13.1. The number of hydrogen-bond acceptors (Lipinski definition) is 1. The fraction of sp³-hybridized carbons (Fsp3) is 0.0769. The van der Waals surface area contributed by atoms with E-state index in [9.17, 15) is 4.39 Å². The Hall–Kier alpha value is -1.54. The van der Waals surface area contributed by atoms with E-state index in [0.29, 0.717) is 0 Å². The van der Waals surface area contributed by atoms with Crippen molar-refractivity contribution >= 4 is 17.2 Å². The monoisotopic (exact) mass is 237 g/mol. The molecule has 0 saturated carbocycles. The molecule has 0 radical (unpaired) electrons. The van der Waals surface area contributed by atoms with E-state index in [1.807, 2.05) is 0 Å². The number of benzene rings is 1. The van der Waals surface area contributed by atoms with Crippen molar-refractivity contribution in [2.75, 3.05) is 7.05 Å². The number of nitrogens with one attached hydrogen (secondary N) is 1. The van der Waals surface area contributed by atoms with Gasteiger partial charge >= 0.3 is 0 Å². The van der Waals surface area contributed by atoms with Crippen molar-refractivity contribution in [2.24, 2.45) is 0 Å². The van der Waals surface area contributed by atoms with Gasteiger partial charge in [0.15, 0.2) is 0 Å². The topological polar surface area (TPSA) is 12.0 Å². The molecule has 0 aromatic heterocycles. The Balaban J connectivity index is 3.18. The Morgan fingerprint density at radius 3 is 2.75 bits per heavy atom. The summed E-state index contributed by atoms with van der Waals surface area (Å²) in [4.78, 5) is 0. The third kappa shape index (κ3) is 2.97. The quantitative estimate of drug-likeness (QED) is 0.788. The van der Waals surface area contributed by atoms with E-state index in [4.69, 9.17) is 11.6 Å². The van der Waals surface area contributed by atoms with Crippen molar-refractivity contribution in [3.05, 3.63) is 65.6 Å². The van der Waals surface area contributed by atoms with Crippen LogP contribution in [-0.2, 0) is 0 Å². The van der Waals surface area contributed by atoms with Crippen LogP contribution in [0, 0.1) is 5.82 Å². The molecule has 1 aromatic rings. The first-order chi connectivity index (χ1) is 7.72. The molecule has 0 fully saturated rings. The van der Waals surface area contributed by atoms with Gasteiger partial charge in [0.25, 0.3) is 0 Å². The lowest BCUT2D eigenvalue weighted by atomic mass is 10.0. The molecule has 1 N–H and O–H groups in total. The molecule has 84 valence electrons. The third-order valence-corrected chi connectivity index (χ3v) is 2.31. The largest absolute Gasteiger partial charge is 0.388 e. The lowest BCUT2D eigenvalue weighted by molar-refractivity contribution is 0.627. The van der Waals surface area contributed by atoms with Crippen LogP contribution in [0.2, 0.25) is 0 Å². The molecule has 0 amide bonds. The van der Waals surface area contributed by atoms with Gasteiger partial charge in [-0.1, -0.05) is 36.4 Å². The van der Waals surface area contributed by atoms with E-state index >= 15 is 0 Å². The molecule has 16 heavy (non-hydrogen) atoms. The highest BCUT2D eigenvalue weighted by molar-refractivity contribution is 6.29. The van der Waals surface area contributed by atoms with E-state index in [1.54, 1.807) is 31.3 Å². The van der Waals surface area contributed by atoms with Gasteiger partial charge in [0.05, 0.1) is 0 Å². The standard InChI is InChI=1S/C13H13ClFN/c1-3-5-13(16-2)12(9-14)10-6-4-7-11(15)8-10/h3-9,16H,1H2,2H3/b12-9-,13-5+. The molecule has 0 atom stereocenters. The molecule has 1 nitrogen and oxygen atoms in total. The zero-order chi connectivity index (χ0) is 12.0. The lowest BCUT2D eigenvalue weighted by Gasteiger charge is -2.10. The zero-order valence-electron chi connectivity index (χ0n) is 9.00. The van der Waals surface area contributed by atoms with Crippen LogP contribution in [-0.4, -0.2) is 7.05 Å². The van der Waals surface area contributed by atoms with E-state index in [2.05, 4.69) is 11.9 Å². The third-order valence-electron chi connectivity index (χ3n) is 2.09. The summed E-state index contributed by atoms with van der Waals surface area (Å²) in [5.74, 6) is -0.289. The maximum Gasteiger partial charge on any atom is 0.123 e. The van der Waals surface area contributed by atoms with Crippen molar-refractivity contribution in [3.63, 3.8) is 0 Å². The van der Waals surface area contributed by atoms with Crippen LogP contribution in [0.15, 0.2) is 54.2 Å². The van der Waals surface area contributed by atoms with E-state index in [0.717, 1.165) is 16.8 Å². The smallest absolute Gasteiger partial charge is 0.123 e. The highest BCUT2D eigenvalue weighted by Crippen LogP contribution is 2.22. The van der Waals surface area contributed by atoms with Crippen molar-refractivity contribution in [1.29, 1.82) is 0 Å². The van der Waals surface area contributed by atoms with Crippen LogP contribution in [0.4, 0.5) is 4.39 Å². The molecule has 1 rings (SSSR count). The molecule has 0 heterocycles. The minimum Gasteiger partial charge on any atom is -0.388 e. The van der Waals surface area contributed by atoms with Crippen molar-refractivity contribution in [2.45, 2.75) is 0 Å². The molecule has 0 saturated heterocycles. The summed E-state index contributed by atoms with van der Waals surface area (Å²) >= 11 is 5.76. The number of halogens is 2. The first kappa shape index (κ1) is 12.5. The summed E-state index contributed by atoms with van der Waals surface area (Å²) < 4.78 is 13.1. The van der Waals surface area contributed by atoms with Gasteiger partial charge < -0.3 is 5.32 Å². The summed E-state index contributed by atoms with van der Waals surface area (Å²) in [7, 11) is 1.77. The van der Waals surface area contributed by atoms with Crippen LogP contribution in [0.25, 0.3) is 5.57 Å². The Kier molecular flexibility index (Phi) is 4.80. The fourth-order valence-electron chi connectivity index (χ4n) is 1.36. The van der Waals surface area contributed by atoms with E-state index in [-0.39, 0.29) is 5.82 Å². The highest BCUT2D eigenvalue weighted by atomic mass is 35.5. The molecule has 1 aromatic carbocycles. The predicted octanol–water partition coefficient (Wildman–Crippen LogP) is 3.69. The van der Waals surface area contributed by atoms with Gasteiger partial charge in [-0.2, -0.15) is 0 Å². The number of allylic oxidation sites excluding steroid dienone is 3. The van der Waals surface area contributed by atoms with Gasteiger partial charge in [-0.15, -0.1) is 0 Å². The number of rotatable bonds is 4. The molecule has 0 aliphatic heterocycles. The first-order valence-corrected chi connectivity index (χ1v) is 5.23. The summed E-state index contributed by atoms with van der Waals surface area (Å²) in [6.07, 6.45) is 3.42. The SMILES string of the molecule is C=C/C=C(NC)\C(=C/Cl)c1cccc(F)c1. The lowest BCUT2D eigenvalue weighted by Crippen LogP contribution is -2.07. The summed E-state index contributed by atoms with van der Waals surface area (Å²) in [6.45, 7) is 3.62. The molecular formula is C13H13ClFN. The summed E-state index contributed by atoms with van der Waals surface area (Å²) in [6, 6.07) is 6.27. The minimum absolute atomic E-state index is 0.289. The van der Waals surface area contributed by atoms with Gasteiger partial charge in [-0.25, -0.2) is 4.39 Å². The van der Waals surface area contributed by atoms with Crippen molar-refractivity contribution < 1.29 is 4.39 Å². The summed E-state index contributed by atoms with van der Waals surface area (Å²) in [5, 5.41) is 2.99. The van der Waals surface area contributed by atoms with Gasteiger partial charge in [0.1, 0.15) is 5.82 Å². The molecule has 0 aliphatic rings. The molecule has 0 spiro atoms. The maximum atomic E-state index is 13.1. The highest BCUT2D eigenvalue weighted by Gasteiger charge is 2.06. The Morgan fingerprint density at radius 2 is 2.25 bits per heavy atom. The van der Waals surface area contributed by atoms with E-state index in [1.165, 1.54) is 17.7 Å². The predicted molar refractivity (Wildman–Crippen MR) is 67.6 cm³/mol. The van der Waals surface area contributed by atoms with Gasteiger partial charge in [0.2, 0.25) is 0 Å². The molecule has 0 unspecified atom stereocenters. The van der Waals surface area contributed by atoms with Gasteiger partial charge in [-0.05, 0) is 23.8 Å². The number of likely N-dealkylation sites (N-methyl/N-ethyl adjacent to an activating group) is 1. The average molecular weight is 238 g/mol. The Bertz CT molecular complexity index is 435. The normalized spacial score (nSPS) is 12.4. The van der Waals surface area contributed by atoms with Crippen LogP contribution < -0.4 is 5.32 Å². The zero-order valence-corrected chi connectivity index (χ0v) is 9.76. The molecule has 0 bridgehead atoms. The fourth-order valence-corrected chi connectivity index (χ4v) is 1.60. The Morgan fingerprint density at radius 1 is 1.50 bits per heavy atom. The van der Waals surface area contributed by atoms with Crippen LogP contribution in [0.3, 0.4) is 0 Å². The first-order valence-electron chi connectivity index (χ1n) is 4.80.